The fourth-order valence-electron chi connectivity index (χ4n) is 2.88. The monoisotopic (exact) mass is 330 g/mol. The lowest BCUT2D eigenvalue weighted by molar-refractivity contribution is 0.0935. The zero-order valence-corrected chi connectivity index (χ0v) is 14.2. The van der Waals surface area contributed by atoms with Gasteiger partial charge in [-0.25, -0.2) is 4.98 Å². The van der Waals surface area contributed by atoms with Gasteiger partial charge < -0.3 is 24.3 Å². The Bertz CT molecular complexity index is 706. The van der Waals surface area contributed by atoms with Crippen molar-refractivity contribution in [3.63, 3.8) is 0 Å². The number of hydrogen-bond acceptors (Lipinski definition) is 5. The van der Waals surface area contributed by atoms with E-state index < -0.39 is 0 Å². The van der Waals surface area contributed by atoms with Gasteiger partial charge in [-0.1, -0.05) is 0 Å². The summed E-state index contributed by atoms with van der Waals surface area (Å²) >= 11 is 0. The second kappa shape index (κ2) is 6.82. The molecular weight excluding hydrogens is 308 g/mol. The zero-order chi connectivity index (χ0) is 17.1. The van der Waals surface area contributed by atoms with Crippen molar-refractivity contribution >= 4 is 11.6 Å². The van der Waals surface area contributed by atoms with Crippen LogP contribution in [0.1, 0.15) is 16.9 Å². The third-order valence-corrected chi connectivity index (χ3v) is 4.16. The Hall–Kier alpha value is -2.70. The predicted molar refractivity (Wildman–Crippen MR) is 90.8 cm³/mol. The van der Waals surface area contributed by atoms with Gasteiger partial charge in [0.25, 0.3) is 5.91 Å². The molecule has 1 aromatic heterocycles. The molecule has 1 saturated heterocycles. The average molecular weight is 330 g/mol. The Morgan fingerprint density at radius 2 is 1.96 bits per heavy atom. The summed E-state index contributed by atoms with van der Waals surface area (Å²) in [6, 6.07) is 5.90. The van der Waals surface area contributed by atoms with E-state index in [1.54, 1.807) is 31.3 Å². The van der Waals surface area contributed by atoms with Gasteiger partial charge in [0, 0.05) is 56.3 Å². The molecular formula is C17H22N4O3. The molecule has 1 N–H and O–H groups in total. The third kappa shape index (κ3) is 3.45. The van der Waals surface area contributed by atoms with Gasteiger partial charge in [0.1, 0.15) is 17.2 Å². The number of aromatic nitrogens is 2. The summed E-state index contributed by atoms with van der Waals surface area (Å²) in [6.45, 7) is 1.61. The maximum atomic E-state index is 12.2. The van der Waals surface area contributed by atoms with Gasteiger partial charge in [-0.3, -0.25) is 4.79 Å². The number of imidazole rings is 1. The molecule has 1 aliphatic rings. The largest absolute Gasteiger partial charge is 0.497 e. The molecule has 0 aliphatic carbocycles. The van der Waals surface area contributed by atoms with Crippen LogP contribution in [0.4, 0.5) is 5.69 Å². The number of ether oxygens (including phenoxy) is 2. The minimum absolute atomic E-state index is 0.0942. The lowest BCUT2D eigenvalue weighted by atomic mass is 10.2. The van der Waals surface area contributed by atoms with E-state index in [4.69, 9.17) is 9.47 Å². The smallest absolute Gasteiger partial charge is 0.271 e. The number of benzene rings is 1. The second-order valence-corrected chi connectivity index (χ2v) is 5.90. The van der Waals surface area contributed by atoms with E-state index >= 15 is 0 Å². The summed E-state index contributed by atoms with van der Waals surface area (Å²) in [5.74, 6) is 1.38. The maximum Gasteiger partial charge on any atom is 0.271 e. The molecule has 1 amide bonds. The van der Waals surface area contributed by atoms with Gasteiger partial charge >= 0.3 is 0 Å². The molecule has 2 heterocycles. The zero-order valence-electron chi connectivity index (χ0n) is 14.2. The number of anilines is 1. The lowest BCUT2D eigenvalue weighted by Gasteiger charge is -2.20. The first kappa shape index (κ1) is 16.2. The summed E-state index contributed by atoms with van der Waals surface area (Å²) in [7, 11) is 5.12. The Morgan fingerprint density at radius 1 is 1.25 bits per heavy atom. The number of nitrogens with one attached hydrogen (secondary N) is 1. The SMILES string of the molecule is COc1cc(OC)cc(N2CC[C@@H](NC(=O)c3cn(C)cn3)C2)c1. The summed E-state index contributed by atoms with van der Waals surface area (Å²) < 4.78 is 12.4. The van der Waals surface area contributed by atoms with Crippen molar-refractivity contribution in [2.24, 2.45) is 7.05 Å². The van der Waals surface area contributed by atoms with Crippen molar-refractivity contribution in [3.05, 3.63) is 36.4 Å². The number of methoxy groups -OCH3 is 2. The van der Waals surface area contributed by atoms with Crippen LogP contribution in [0.5, 0.6) is 11.5 Å². The molecule has 0 radical (unpaired) electrons. The standard InChI is InChI=1S/C17H22N4O3/c1-20-10-16(18-11-20)17(22)19-12-4-5-21(9-12)13-6-14(23-2)8-15(7-13)24-3/h6-8,10-12H,4-5,9H2,1-3H3,(H,19,22)/t12-/m1/s1. The first-order valence-corrected chi connectivity index (χ1v) is 7.86. The quantitative estimate of drug-likeness (QED) is 0.898. The van der Waals surface area contributed by atoms with Gasteiger partial charge in [0.2, 0.25) is 0 Å². The molecule has 0 unspecified atom stereocenters. The molecule has 1 fully saturated rings. The highest BCUT2D eigenvalue weighted by Crippen LogP contribution is 2.30. The summed E-state index contributed by atoms with van der Waals surface area (Å²) in [5, 5.41) is 3.05. The van der Waals surface area contributed by atoms with E-state index in [1.807, 2.05) is 25.2 Å². The first-order valence-electron chi connectivity index (χ1n) is 7.86. The normalized spacial score (nSPS) is 17.0. The predicted octanol–water partition coefficient (Wildman–Crippen LogP) is 1.45. The first-order chi connectivity index (χ1) is 11.6. The highest BCUT2D eigenvalue weighted by atomic mass is 16.5. The number of hydrogen-bond donors (Lipinski definition) is 1. The van der Waals surface area contributed by atoms with Crippen LogP contribution in [0, 0.1) is 0 Å². The fourth-order valence-corrected chi connectivity index (χ4v) is 2.88. The summed E-state index contributed by atoms with van der Waals surface area (Å²) in [4.78, 5) is 18.5. The molecule has 0 bridgehead atoms. The van der Waals surface area contributed by atoms with Crippen LogP contribution >= 0.6 is 0 Å². The lowest BCUT2D eigenvalue weighted by Crippen LogP contribution is -2.37. The molecule has 24 heavy (non-hydrogen) atoms. The minimum atomic E-state index is -0.134. The Kier molecular flexibility index (Phi) is 4.59. The number of rotatable bonds is 5. The number of nitrogens with zero attached hydrogens (tertiary/aromatic N) is 3. The molecule has 7 nitrogen and oxygen atoms in total. The third-order valence-electron chi connectivity index (χ3n) is 4.16. The van der Waals surface area contributed by atoms with Crippen molar-refractivity contribution < 1.29 is 14.3 Å². The molecule has 1 aromatic carbocycles. The van der Waals surface area contributed by atoms with E-state index in [2.05, 4.69) is 15.2 Å². The summed E-state index contributed by atoms with van der Waals surface area (Å²) in [6.07, 6.45) is 4.23. The van der Waals surface area contributed by atoms with Crippen molar-refractivity contribution in [2.45, 2.75) is 12.5 Å². The number of carbonyl (C=O) groups excluding carboxylic acids is 1. The van der Waals surface area contributed by atoms with Crippen molar-refractivity contribution in [3.8, 4) is 11.5 Å². The molecule has 7 heteroatoms. The second-order valence-electron chi connectivity index (χ2n) is 5.90. The van der Waals surface area contributed by atoms with Gasteiger partial charge in [-0.05, 0) is 6.42 Å². The topological polar surface area (TPSA) is 68.6 Å². The van der Waals surface area contributed by atoms with Gasteiger partial charge in [-0.2, -0.15) is 0 Å². The van der Waals surface area contributed by atoms with Crippen LogP contribution in [0.15, 0.2) is 30.7 Å². The Labute approximate surface area is 141 Å². The van der Waals surface area contributed by atoms with Crippen LogP contribution < -0.4 is 19.7 Å². The average Bonchev–Trinajstić information content (AvgIpc) is 3.23. The molecule has 1 atom stereocenters. The van der Waals surface area contributed by atoms with Gasteiger partial charge in [0.15, 0.2) is 0 Å². The number of carbonyl (C=O) groups is 1. The number of aryl methyl sites for hydroxylation is 1. The minimum Gasteiger partial charge on any atom is -0.497 e. The molecule has 2 aromatic rings. The van der Waals surface area contributed by atoms with Crippen LogP contribution in [0.2, 0.25) is 0 Å². The molecule has 1 aliphatic heterocycles. The summed E-state index contributed by atoms with van der Waals surface area (Å²) in [5.41, 5.74) is 1.47. The Balaban J connectivity index is 1.66. The molecule has 3 rings (SSSR count). The highest BCUT2D eigenvalue weighted by Gasteiger charge is 2.25. The van der Waals surface area contributed by atoms with E-state index in [0.29, 0.717) is 5.69 Å². The van der Waals surface area contributed by atoms with E-state index in [-0.39, 0.29) is 11.9 Å². The van der Waals surface area contributed by atoms with Crippen molar-refractivity contribution in [1.29, 1.82) is 0 Å². The van der Waals surface area contributed by atoms with Gasteiger partial charge in [0.05, 0.1) is 20.5 Å². The van der Waals surface area contributed by atoms with E-state index in [1.165, 1.54) is 0 Å². The van der Waals surface area contributed by atoms with E-state index in [0.717, 1.165) is 36.7 Å². The van der Waals surface area contributed by atoms with Gasteiger partial charge in [-0.15, -0.1) is 0 Å². The van der Waals surface area contributed by atoms with Crippen LogP contribution in [0.3, 0.4) is 0 Å². The van der Waals surface area contributed by atoms with Crippen LogP contribution in [-0.4, -0.2) is 48.8 Å². The molecule has 0 spiro atoms. The molecule has 0 saturated carbocycles. The maximum absolute atomic E-state index is 12.2. The van der Waals surface area contributed by atoms with E-state index in [9.17, 15) is 4.79 Å². The highest BCUT2D eigenvalue weighted by molar-refractivity contribution is 5.92. The Morgan fingerprint density at radius 3 is 2.54 bits per heavy atom. The van der Waals surface area contributed by atoms with Crippen molar-refractivity contribution in [2.75, 3.05) is 32.2 Å². The van der Waals surface area contributed by atoms with Crippen LogP contribution in [0.25, 0.3) is 0 Å². The fraction of sp³-hybridized carbons (Fsp3) is 0.412. The number of amides is 1. The van der Waals surface area contributed by atoms with Crippen LogP contribution in [-0.2, 0) is 7.05 Å². The van der Waals surface area contributed by atoms with Crippen molar-refractivity contribution in [1.82, 2.24) is 14.9 Å². The molecule has 128 valence electrons.